The molecule has 0 bridgehead atoms. The van der Waals surface area contributed by atoms with E-state index in [2.05, 4.69) is 0 Å². The molecule has 2 aromatic carbocycles. The van der Waals surface area contributed by atoms with E-state index in [1.165, 1.54) is 13.2 Å². The maximum atomic E-state index is 12.6. The first-order valence-corrected chi connectivity index (χ1v) is 7.23. The van der Waals surface area contributed by atoms with Crippen molar-refractivity contribution in [2.45, 2.75) is 6.42 Å². The molecule has 1 aliphatic heterocycles. The van der Waals surface area contributed by atoms with E-state index in [-0.39, 0.29) is 30.1 Å². The Morgan fingerprint density at radius 1 is 1.12 bits per heavy atom. The van der Waals surface area contributed by atoms with E-state index in [0.717, 1.165) is 6.07 Å². The highest BCUT2D eigenvalue weighted by atomic mass is 16.5. The Kier molecular flexibility index (Phi) is 3.84. The first-order valence-electron chi connectivity index (χ1n) is 7.23. The molecule has 0 saturated carbocycles. The van der Waals surface area contributed by atoms with Gasteiger partial charge in [-0.25, -0.2) is 0 Å². The van der Waals surface area contributed by atoms with Crippen molar-refractivity contribution < 1.29 is 34.7 Å². The second kappa shape index (κ2) is 5.84. The van der Waals surface area contributed by atoms with Crippen molar-refractivity contribution in [3.63, 3.8) is 0 Å². The number of carbonyl (C=O) groups is 1. The van der Waals surface area contributed by atoms with Crippen molar-refractivity contribution in [2.75, 3.05) is 13.7 Å². The number of ether oxygens (including phenoxy) is 2. The highest BCUT2D eigenvalue weighted by molar-refractivity contribution is 6.05. The average Bonchev–Trinajstić information content (AvgIpc) is 2.55. The molecule has 126 valence electrons. The Hall–Kier alpha value is -3.09. The summed E-state index contributed by atoms with van der Waals surface area (Å²) in [5, 5.41) is 38.8. The predicted octanol–water partition coefficient (Wildman–Crippen LogP) is 1.95. The maximum Gasteiger partial charge on any atom is 0.201 e. The van der Waals surface area contributed by atoms with Gasteiger partial charge in [-0.3, -0.25) is 4.79 Å². The van der Waals surface area contributed by atoms with Gasteiger partial charge in [0.25, 0.3) is 0 Å². The van der Waals surface area contributed by atoms with Gasteiger partial charge in [-0.2, -0.15) is 0 Å². The molecular formula is C17H16O7. The second-order valence-electron chi connectivity index (χ2n) is 5.55. The molecule has 2 aromatic rings. The van der Waals surface area contributed by atoms with E-state index in [1.807, 2.05) is 0 Å². The lowest BCUT2D eigenvalue weighted by molar-refractivity contribution is 0.0824. The van der Waals surface area contributed by atoms with Gasteiger partial charge >= 0.3 is 0 Å². The van der Waals surface area contributed by atoms with E-state index in [1.54, 1.807) is 12.1 Å². The summed E-state index contributed by atoms with van der Waals surface area (Å²) in [6.07, 6.45) is 0.275. The number of fused-ring (bicyclic) bond motifs is 1. The summed E-state index contributed by atoms with van der Waals surface area (Å²) in [5.74, 6) is -2.69. The van der Waals surface area contributed by atoms with Crippen LogP contribution in [0.1, 0.15) is 15.9 Å². The van der Waals surface area contributed by atoms with Crippen molar-refractivity contribution >= 4 is 5.78 Å². The van der Waals surface area contributed by atoms with Gasteiger partial charge in [0.1, 0.15) is 11.3 Å². The normalized spacial score (nSPS) is 16.4. The SMILES string of the molecule is COc1ccc(CC2COc3cc(O)c(O)c(O)c3C2=O)cc1O. The molecule has 0 fully saturated rings. The number of ketones is 1. The summed E-state index contributed by atoms with van der Waals surface area (Å²) in [4.78, 5) is 12.6. The summed E-state index contributed by atoms with van der Waals surface area (Å²) in [6, 6.07) is 5.90. The summed E-state index contributed by atoms with van der Waals surface area (Å²) < 4.78 is 10.4. The molecule has 0 aliphatic carbocycles. The topological polar surface area (TPSA) is 116 Å². The van der Waals surface area contributed by atoms with Crippen molar-refractivity contribution in [1.82, 2.24) is 0 Å². The van der Waals surface area contributed by atoms with Crippen LogP contribution in [0.15, 0.2) is 24.3 Å². The minimum atomic E-state index is -0.756. The Morgan fingerprint density at radius 3 is 2.54 bits per heavy atom. The zero-order chi connectivity index (χ0) is 17.4. The summed E-state index contributed by atoms with van der Waals surface area (Å²) >= 11 is 0. The standard InChI is InChI=1S/C17H16O7/c1-23-12-3-2-8(5-10(12)18)4-9-7-24-13-6-11(19)16(21)17(22)14(13)15(9)20/h2-3,5-6,9,18-19,21-22H,4,7H2,1H3. The van der Waals surface area contributed by atoms with Crippen LogP contribution in [0.4, 0.5) is 0 Å². The molecule has 24 heavy (non-hydrogen) atoms. The molecule has 4 N–H and O–H groups in total. The Bertz CT molecular complexity index is 813. The highest BCUT2D eigenvalue weighted by Gasteiger charge is 2.34. The molecule has 1 unspecified atom stereocenters. The van der Waals surface area contributed by atoms with Crippen LogP contribution in [-0.4, -0.2) is 39.9 Å². The van der Waals surface area contributed by atoms with Crippen LogP contribution < -0.4 is 9.47 Å². The third-order valence-corrected chi connectivity index (χ3v) is 4.00. The quantitative estimate of drug-likeness (QED) is 0.635. The van der Waals surface area contributed by atoms with Crippen LogP contribution in [0, 0.1) is 5.92 Å². The average molecular weight is 332 g/mol. The number of hydrogen-bond acceptors (Lipinski definition) is 7. The molecule has 0 spiro atoms. The van der Waals surface area contributed by atoms with Gasteiger partial charge in [-0.1, -0.05) is 6.07 Å². The lowest BCUT2D eigenvalue weighted by Crippen LogP contribution is -2.29. The number of Topliss-reactive ketones (excluding diaryl/α,β-unsaturated/α-hetero) is 1. The fourth-order valence-corrected chi connectivity index (χ4v) is 2.74. The molecule has 0 radical (unpaired) electrons. The second-order valence-corrected chi connectivity index (χ2v) is 5.55. The van der Waals surface area contributed by atoms with Gasteiger partial charge < -0.3 is 29.9 Å². The highest BCUT2D eigenvalue weighted by Crippen LogP contribution is 2.46. The van der Waals surface area contributed by atoms with Crippen LogP contribution in [0.2, 0.25) is 0 Å². The zero-order valence-electron chi connectivity index (χ0n) is 12.8. The first-order chi connectivity index (χ1) is 11.4. The molecule has 7 nitrogen and oxygen atoms in total. The van der Waals surface area contributed by atoms with E-state index in [4.69, 9.17) is 9.47 Å². The number of rotatable bonds is 3. The van der Waals surface area contributed by atoms with Crippen molar-refractivity contribution in [3.8, 4) is 34.5 Å². The van der Waals surface area contributed by atoms with Crippen LogP contribution >= 0.6 is 0 Å². The molecule has 0 amide bonds. The number of hydrogen-bond donors (Lipinski definition) is 4. The Morgan fingerprint density at radius 2 is 1.88 bits per heavy atom. The molecule has 1 heterocycles. The van der Waals surface area contributed by atoms with E-state index < -0.39 is 28.9 Å². The van der Waals surface area contributed by atoms with Gasteiger partial charge in [0.15, 0.2) is 28.8 Å². The predicted molar refractivity (Wildman–Crippen MR) is 83.1 cm³/mol. The fraction of sp³-hybridized carbons (Fsp3) is 0.235. The number of methoxy groups -OCH3 is 1. The third kappa shape index (κ3) is 2.54. The summed E-state index contributed by atoms with van der Waals surface area (Å²) in [6.45, 7) is 0.0578. The van der Waals surface area contributed by atoms with Crippen LogP contribution in [0.5, 0.6) is 34.5 Å². The Balaban J connectivity index is 1.89. The van der Waals surface area contributed by atoms with Crippen LogP contribution in [0.3, 0.4) is 0 Å². The molecule has 0 aromatic heterocycles. The summed E-state index contributed by atoms with van der Waals surface area (Å²) in [7, 11) is 1.44. The van der Waals surface area contributed by atoms with Crippen molar-refractivity contribution in [2.24, 2.45) is 5.92 Å². The van der Waals surface area contributed by atoms with Crippen molar-refractivity contribution in [3.05, 3.63) is 35.4 Å². The number of benzene rings is 2. The first kappa shape index (κ1) is 15.8. The lowest BCUT2D eigenvalue weighted by atomic mass is 9.89. The van der Waals surface area contributed by atoms with E-state index >= 15 is 0 Å². The molecule has 3 rings (SSSR count). The lowest BCUT2D eigenvalue weighted by Gasteiger charge is -2.25. The van der Waals surface area contributed by atoms with Gasteiger partial charge in [0, 0.05) is 6.07 Å². The number of phenolic OH excluding ortho intramolecular Hbond substituents is 4. The number of carbonyl (C=O) groups excluding carboxylic acids is 1. The maximum absolute atomic E-state index is 12.6. The molecule has 1 atom stereocenters. The minimum absolute atomic E-state index is 0.0293. The van der Waals surface area contributed by atoms with E-state index in [0.29, 0.717) is 11.3 Å². The van der Waals surface area contributed by atoms with Gasteiger partial charge in [0.05, 0.1) is 19.6 Å². The van der Waals surface area contributed by atoms with Gasteiger partial charge in [0.2, 0.25) is 5.75 Å². The largest absolute Gasteiger partial charge is 0.504 e. The van der Waals surface area contributed by atoms with Crippen LogP contribution in [-0.2, 0) is 6.42 Å². The zero-order valence-corrected chi connectivity index (χ0v) is 12.8. The molecule has 7 heteroatoms. The molecule has 0 saturated heterocycles. The van der Waals surface area contributed by atoms with Crippen LogP contribution in [0.25, 0.3) is 0 Å². The monoisotopic (exact) mass is 332 g/mol. The summed E-state index contributed by atoms with van der Waals surface area (Å²) in [5.41, 5.74) is 0.542. The fourth-order valence-electron chi connectivity index (χ4n) is 2.74. The number of phenols is 4. The Labute approximate surface area is 137 Å². The van der Waals surface area contributed by atoms with Gasteiger partial charge in [-0.15, -0.1) is 0 Å². The van der Waals surface area contributed by atoms with E-state index in [9.17, 15) is 25.2 Å². The van der Waals surface area contributed by atoms with Gasteiger partial charge in [-0.05, 0) is 24.1 Å². The molecular weight excluding hydrogens is 316 g/mol. The molecule has 1 aliphatic rings. The smallest absolute Gasteiger partial charge is 0.201 e. The third-order valence-electron chi connectivity index (χ3n) is 4.00. The van der Waals surface area contributed by atoms with Crippen molar-refractivity contribution in [1.29, 1.82) is 0 Å². The number of aromatic hydroxyl groups is 4. The minimum Gasteiger partial charge on any atom is -0.504 e.